The topological polar surface area (TPSA) is 76.1 Å². The summed E-state index contributed by atoms with van der Waals surface area (Å²) in [4.78, 5) is 10.9. The Balaban J connectivity index is 2.87. The van der Waals surface area contributed by atoms with Gasteiger partial charge in [-0.1, -0.05) is 37.2 Å². The molecule has 1 aromatic rings. The quantitative estimate of drug-likeness (QED) is 0.851. The van der Waals surface area contributed by atoms with Crippen molar-refractivity contribution in [1.82, 2.24) is 0 Å². The molecule has 1 atom stereocenters. The molecule has 0 saturated heterocycles. The summed E-state index contributed by atoms with van der Waals surface area (Å²) in [5.74, 6) is 0. The van der Waals surface area contributed by atoms with Gasteiger partial charge in [0, 0.05) is 10.5 Å². The van der Waals surface area contributed by atoms with E-state index in [4.69, 9.17) is 14.6 Å². The molecule has 0 heterocycles. The predicted octanol–water partition coefficient (Wildman–Crippen LogP) is 2.39. The van der Waals surface area contributed by atoms with E-state index in [1.165, 1.54) is 0 Å². The van der Waals surface area contributed by atoms with Crippen molar-refractivity contribution >= 4 is 6.09 Å². The van der Waals surface area contributed by atoms with Gasteiger partial charge in [-0.25, -0.2) is 4.79 Å². The van der Waals surface area contributed by atoms with Crippen LogP contribution in [0.5, 0.6) is 0 Å². The molecule has 0 fully saturated rings. The highest BCUT2D eigenvalue weighted by atomic mass is 16.6. The summed E-state index contributed by atoms with van der Waals surface area (Å²) in [7, 11) is 0. The van der Waals surface area contributed by atoms with Crippen LogP contribution in [-0.4, -0.2) is 11.7 Å². The number of carbonyl (C=O) groups is 1. The van der Waals surface area contributed by atoms with E-state index in [-0.39, 0.29) is 6.42 Å². The van der Waals surface area contributed by atoms with E-state index in [1.807, 2.05) is 30.3 Å². The number of hydrogen-bond donors (Lipinski definition) is 1. The summed E-state index contributed by atoms with van der Waals surface area (Å²) in [5.41, 5.74) is 4.14. The smallest absolute Gasteiger partial charge is 0.406 e. The Morgan fingerprint density at radius 1 is 1.59 bits per heavy atom. The number of nitrogens with two attached hydrogens (primary N) is 1. The van der Waals surface area contributed by atoms with Crippen molar-refractivity contribution in [2.45, 2.75) is 31.7 Å². The molecule has 1 aromatic carbocycles. The van der Waals surface area contributed by atoms with Crippen molar-refractivity contribution in [2.24, 2.45) is 5.73 Å². The fourth-order valence-electron chi connectivity index (χ4n) is 1.48. The molecule has 0 aromatic heterocycles. The van der Waals surface area contributed by atoms with E-state index in [9.17, 15) is 10.1 Å². The Bertz CT molecular complexity index is 497. The molecule has 1 amide bonds. The average molecular weight is 235 g/mol. The first-order chi connectivity index (χ1) is 9.26. The van der Waals surface area contributed by atoms with Crippen molar-refractivity contribution in [3.63, 3.8) is 0 Å². The van der Waals surface area contributed by atoms with Gasteiger partial charge in [-0.05, 0) is 18.4 Å². The Morgan fingerprint density at radius 3 is 2.82 bits per heavy atom. The number of primary amides is 1. The van der Waals surface area contributed by atoms with E-state index in [1.54, 1.807) is 6.07 Å². The molecule has 1 unspecified atom stereocenters. The SMILES string of the molecule is [2H]C([2H])([2H])CC(C#N)(CCc1ccccc1)OC(N)=O. The molecule has 90 valence electrons. The first-order valence-electron chi connectivity index (χ1n) is 6.70. The number of hydrogen-bond acceptors (Lipinski definition) is 3. The Labute approximate surface area is 105 Å². The molecule has 4 nitrogen and oxygen atoms in total. The average Bonchev–Trinajstić information content (AvgIpc) is 2.35. The number of nitrogens with zero attached hydrogens (tertiary/aromatic N) is 1. The number of amides is 1. The number of aryl methyl sites for hydroxylation is 1. The molecule has 0 aliphatic carbocycles. The highest BCUT2D eigenvalue weighted by molar-refractivity contribution is 5.65. The van der Waals surface area contributed by atoms with Crippen LogP contribution in [0.25, 0.3) is 0 Å². The molecule has 0 aliphatic heterocycles. The molecule has 1 rings (SSSR count). The third-order valence-electron chi connectivity index (χ3n) is 2.45. The minimum Gasteiger partial charge on any atom is -0.428 e. The van der Waals surface area contributed by atoms with Crippen LogP contribution in [0.1, 0.15) is 29.4 Å². The van der Waals surface area contributed by atoms with Crippen molar-refractivity contribution in [3.8, 4) is 6.07 Å². The minimum absolute atomic E-state index is 0.0782. The molecule has 4 heteroatoms. The molecule has 0 bridgehead atoms. The van der Waals surface area contributed by atoms with Crippen LogP contribution >= 0.6 is 0 Å². The maximum atomic E-state index is 10.9. The normalized spacial score (nSPS) is 16.8. The van der Waals surface area contributed by atoms with E-state index >= 15 is 0 Å². The van der Waals surface area contributed by atoms with Gasteiger partial charge in [0.05, 0.1) is 0 Å². The van der Waals surface area contributed by atoms with Crippen LogP contribution in [0.2, 0.25) is 0 Å². The number of carbonyl (C=O) groups excluding carboxylic acids is 1. The predicted molar refractivity (Wildman–Crippen MR) is 64.1 cm³/mol. The van der Waals surface area contributed by atoms with Gasteiger partial charge in [-0.2, -0.15) is 5.26 Å². The Hall–Kier alpha value is -2.02. The Morgan fingerprint density at radius 2 is 2.29 bits per heavy atom. The molecule has 0 spiro atoms. The van der Waals surface area contributed by atoms with Crippen LogP contribution in [0.4, 0.5) is 4.79 Å². The third-order valence-corrected chi connectivity index (χ3v) is 2.45. The van der Waals surface area contributed by atoms with Crippen LogP contribution in [-0.2, 0) is 11.2 Å². The van der Waals surface area contributed by atoms with Gasteiger partial charge in [-0.3, -0.25) is 0 Å². The van der Waals surface area contributed by atoms with Crippen molar-refractivity contribution < 1.29 is 13.6 Å². The highest BCUT2D eigenvalue weighted by Gasteiger charge is 2.31. The second-order valence-electron chi connectivity index (χ2n) is 3.69. The fraction of sp³-hybridized carbons (Fsp3) is 0.385. The summed E-state index contributed by atoms with van der Waals surface area (Å²) in [5, 5.41) is 9.23. The van der Waals surface area contributed by atoms with Gasteiger partial charge >= 0.3 is 6.09 Å². The van der Waals surface area contributed by atoms with Crippen molar-refractivity contribution in [3.05, 3.63) is 35.9 Å². The molecular weight excluding hydrogens is 216 g/mol. The number of rotatable bonds is 5. The highest BCUT2D eigenvalue weighted by Crippen LogP contribution is 2.22. The third kappa shape index (κ3) is 3.80. The van der Waals surface area contributed by atoms with Crippen LogP contribution in [0.15, 0.2) is 30.3 Å². The number of benzene rings is 1. The van der Waals surface area contributed by atoms with E-state index in [0.717, 1.165) is 5.56 Å². The summed E-state index contributed by atoms with van der Waals surface area (Å²) in [6, 6.07) is 11.0. The van der Waals surface area contributed by atoms with Crippen LogP contribution in [0, 0.1) is 11.3 Å². The number of ether oxygens (including phenoxy) is 1. The van der Waals surface area contributed by atoms with Crippen LogP contribution in [0.3, 0.4) is 0 Å². The fourth-order valence-corrected chi connectivity index (χ4v) is 1.48. The summed E-state index contributed by atoms with van der Waals surface area (Å²) in [6.45, 7) is -2.39. The van der Waals surface area contributed by atoms with Crippen molar-refractivity contribution in [2.75, 3.05) is 0 Å². The first-order valence-corrected chi connectivity index (χ1v) is 5.20. The second-order valence-corrected chi connectivity index (χ2v) is 3.69. The molecule has 0 aliphatic rings. The minimum atomic E-state index is -2.39. The number of nitriles is 1. The Kier molecular flexibility index (Phi) is 3.14. The van der Waals surface area contributed by atoms with Gasteiger partial charge < -0.3 is 10.5 Å². The zero-order valence-electron chi connectivity index (χ0n) is 12.3. The molecule has 0 saturated carbocycles. The first kappa shape index (κ1) is 9.06. The van der Waals surface area contributed by atoms with Crippen molar-refractivity contribution in [1.29, 1.82) is 5.26 Å². The largest absolute Gasteiger partial charge is 0.428 e. The maximum Gasteiger partial charge on any atom is 0.406 e. The van der Waals surface area contributed by atoms with E-state index in [2.05, 4.69) is 0 Å². The zero-order valence-corrected chi connectivity index (χ0v) is 9.35. The summed E-state index contributed by atoms with van der Waals surface area (Å²) < 4.78 is 26.6. The van der Waals surface area contributed by atoms with E-state index < -0.39 is 25.0 Å². The lowest BCUT2D eigenvalue weighted by Gasteiger charge is -2.24. The zero-order chi connectivity index (χ0) is 15.2. The molecule has 2 N–H and O–H groups in total. The molecular formula is C13H16N2O2. The second kappa shape index (κ2) is 5.90. The monoisotopic (exact) mass is 235 g/mol. The molecule has 17 heavy (non-hydrogen) atoms. The lowest BCUT2D eigenvalue weighted by Crippen LogP contribution is -2.35. The summed E-state index contributed by atoms with van der Waals surface area (Å²) in [6.07, 6.45) is -1.21. The van der Waals surface area contributed by atoms with Gasteiger partial charge in [0.1, 0.15) is 6.07 Å². The summed E-state index contributed by atoms with van der Waals surface area (Å²) >= 11 is 0. The molecule has 0 radical (unpaired) electrons. The lowest BCUT2D eigenvalue weighted by atomic mass is 9.93. The van der Waals surface area contributed by atoms with Gasteiger partial charge in [0.25, 0.3) is 0 Å². The maximum absolute atomic E-state index is 10.9. The van der Waals surface area contributed by atoms with Gasteiger partial charge in [0.2, 0.25) is 0 Å². The van der Waals surface area contributed by atoms with Crippen LogP contribution < -0.4 is 5.73 Å². The lowest BCUT2D eigenvalue weighted by molar-refractivity contribution is 0.0501. The standard InChI is InChI=1S/C13H16N2O2/c1-2-13(10-14,17-12(15)16)9-8-11-6-4-3-5-7-11/h3-7H,2,8-9H2,1H3,(H2,15,16)/i1D3. The van der Waals surface area contributed by atoms with Gasteiger partial charge in [-0.15, -0.1) is 0 Å². The van der Waals surface area contributed by atoms with E-state index in [0.29, 0.717) is 6.42 Å². The van der Waals surface area contributed by atoms with Gasteiger partial charge in [0.15, 0.2) is 5.60 Å².